The Hall–Kier alpha value is -1.06. The van der Waals surface area contributed by atoms with E-state index < -0.39 is 6.10 Å². The van der Waals surface area contributed by atoms with Gasteiger partial charge < -0.3 is 15.1 Å². The van der Waals surface area contributed by atoms with Crippen LogP contribution in [0.25, 0.3) is 0 Å². The van der Waals surface area contributed by atoms with Crippen LogP contribution in [-0.4, -0.2) is 28.4 Å². The summed E-state index contributed by atoms with van der Waals surface area (Å²) in [5, 5.41) is 19.3. The van der Waals surface area contributed by atoms with Gasteiger partial charge in [0.15, 0.2) is 0 Å². The molecule has 2 N–H and O–H groups in total. The third-order valence-corrected chi connectivity index (χ3v) is 4.38. The van der Waals surface area contributed by atoms with Crippen LogP contribution in [0.3, 0.4) is 0 Å². The zero-order chi connectivity index (χ0) is 12.7. The lowest BCUT2D eigenvalue weighted by atomic mass is 9.98. The molecule has 0 amide bonds. The molecule has 2 bridgehead atoms. The average Bonchev–Trinajstić information content (AvgIpc) is 2.62. The molecule has 2 unspecified atom stereocenters. The predicted molar refractivity (Wildman–Crippen MR) is 71.6 cm³/mol. The third kappa shape index (κ3) is 2.02. The minimum atomic E-state index is -0.404. The van der Waals surface area contributed by atoms with E-state index >= 15 is 0 Å². The summed E-state index contributed by atoms with van der Waals surface area (Å²) in [6, 6.07) is 9.21. The SMILES string of the molecule is C[C@H](O)c1ccc(N2C3CCC2CC(O)C3)cc1. The molecule has 1 aromatic rings. The zero-order valence-corrected chi connectivity index (χ0v) is 10.8. The second-order valence-electron chi connectivity index (χ2n) is 5.69. The summed E-state index contributed by atoms with van der Waals surface area (Å²) >= 11 is 0. The summed E-state index contributed by atoms with van der Waals surface area (Å²) in [7, 11) is 0. The highest BCUT2D eigenvalue weighted by Crippen LogP contribution is 2.39. The van der Waals surface area contributed by atoms with Crippen LogP contribution in [0.4, 0.5) is 5.69 Å². The van der Waals surface area contributed by atoms with Crippen molar-refractivity contribution in [3.8, 4) is 0 Å². The number of aliphatic hydroxyl groups excluding tert-OH is 2. The van der Waals surface area contributed by atoms with Crippen molar-refractivity contribution in [3.63, 3.8) is 0 Å². The lowest BCUT2D eigenvalue weighted by Crippen LogP contribution is -2.44. The summed E-state index contributed by atoms with van der Waals surface area (Å²) in [5.74, 6) is 0. The van der Waals surface area contributed by atoms with E-state index in [0.29, 0.717) is 12.1 Å². The Morgan fingerprint density at radius 3 is 2.17 bits per heavy atom. The second kappa shape index (κ2) is 4.56. The molecule has 2 aliphatic rings. The molecule has 2 heterocycles. The first-order valence-electron chi connectivity index (χ1n) is 6.89. The van der Waals surface area contributed by atoms with Crippen LogP contribution < -0.4 is 4.90 Å². The molecule has 1 aromatic carbocycles. The predicted octanol–water partition coefficient (Wildman–Crippen LogP) is 2.23. The van der Waals surface area contributed by atoms with E-state index in [1.54, 1.807) is 6.92 Å². The molecule has 0 aliphatic carbocycles. The number of piperidine rings is 1. The Morgan fingerprint density at radius 1 is 1.11 bits per heavy atom. The molecule has 0 aromatic heterocycles. The van der Waals surface area contributed by atoms with E-state index in [1.165, 1.54) is 18.5 Å². The van der Waals surface area contributed by atoms with E-state index in [9.17, 15) is 10.2 Å². The molecule has 3 rings (SSSR count). The van der Waals surface area contributed by atoms with Gasteiger partial charge in [0.1, 0.15) is 0 Å². The first kappa shape index (κ1) is 12.0. The molecule has 2 aliphatic heterocycles. The number of rotatable bonds is 2. The van der Waals surface area contributed by atoms with E-state index in [4.69, 9.17) is 0 Å². The van der Waals surface area contributed by atoms with Crippen molar-refractivity contribution >= 4 is 5.69 Å². The standard InChI is InChI=1S/C15H21NO2/c1-10(17)11-2-4-12(5-3-11)16-13-6-7-14(16)9-15(18)8-13/h2-5,10,13-15,17-18H,6-9H2,1H3/t10-,13?,14?,15?/m0/s1. The molecule has 98 valence electrons. The van der Waals surface area contributed by atoms with Crippen molar-refractivity contribution < 1.29 is 10.2 Å². The van der Waals surface area contributed by atoms with Crippen LogP contribution in [0.2, 0.25) is 0 Å². The quantitative estimate of drug-likeness (QED) is 0.842. The maximum atomic E-state index is 9.81. The second-order valence-corrected chi connectivity index (χ2v) is 5.69. The smallest absolute Gasteiger partial charge is 0.0761 e. The highest BCUT2D eigenvalue weighted by atomic mass is 16.3. The fourth-order valence-corrected chi connectivity index (χ4v) is 3.49. The van der Waals surface area contributed by atoms with Crippen LogP contribution >= 0.6 is 0 Å². The van der Waals surface area contributed by atoms with Crippen LogP contribution in [0.1, 0.15) is 44.3 Å². The molecular weight excluding hydrogens is 226 g/mol. The van der Waals surface area contributed by atoms with Crippen LogP contribution in [0.15, 0.2) is 24.3 Å². The van der Waals surface area contributed by atoms with E-state index in [1.807, 2.05) is 12.1 Å². The molecule has 3 nitrogen and oxygen atoms in total. The number of nitrogens with zero attached hydrogens (tertiary/aromatic N) is 1. The highest BCUT2D eigenvalue weighted by molar-refractivity contribution is 5.51. The van der Waals surface area contributed by atoms with Gasteiger partial charge in [-0.2, -0.15) is 0 Å². The summed E-state index contributed by atoms with van der Waals surface area (Å²) < 4.78 is 0. The summed E-state index contributed by atoms with van der Waals surface area (Å²) in [6.07, 6.45) is 3.66. The molecule has 0 saturated carbocycles. The topological polar surface area (TPSA) is 43.7 Å². The first-order valence-corrected chi connectivity index (χ1v) is 6.89. The van der Waals surface area contributed by atoms with Gasteiger partial charge in [0.05, 0.1) is 12.2 Å². The molecule has 0 spiro atoms. The summed E-state index contributed by atoms with van der Waals surface area (Å²) in [6.45, 7) is 1.79. The van der Waals surface area contributed by atoms with Crippen molar-refractivity contribution in [1.29, 1.82) is 0 Å². The van der Waals surface area contributed by atoms with Crippen molar-refractivity contribution in [1.82, 2.24) is 0 Å². The molecule has 2 fully saturated rings. The average molecular weight is 247 g/mol. The first-order chi connectivity index (χ1) is 8.65. The number of hydrogen-bond acceptors (Lipinski definition) is 3. The Morgan fingerprint density at radius 2 is 1.67 bits per heavy atom. The van der Waals surface area contributed by atoms with Gasteiger partial charge in [0.2, 0.25) is 0 Å². The van der Waals surface area contributed by atoms with Gasteiger partial charge in [-0.25, -0.2) is 0 Å². The Bertz CT molecular complexity index is 401. The van der Waals surface area contributed by atoms with Crippen LogP contribution in [0.5, 0.6) is 0 Å². The third-order valence-electron chi connectivity index (χ3n) is 4.38. The number of hydrogen-bond donors (Lipinski definition) is 2. The largest absolute Gasteiger partial charge is 0.393 e. The van der Waals surface area contributed by atoms with Crippen molar-refractivity contribution in [2.75, 3.05) is 4.90 Å². The number of benzene rings is 1. The van der Waals surface area contributed by atoms with E-state index in [2.05, 4.69) is 17.0 Å². The van der Waals surface area contributed by atoms with E-state index in [-0.39, 0.29) is 6.10 Å². The monoisotopic (exact) mass is 247 g/mol. The fourth-order valence-electron chi connectivity index (χ4n) is 3.49. The fraction of sp³-hybridized carbons (Fsp3) is 0.600. The normalized spacial score (nSPS) is 32.6. The molecule has 3 atom stereocenters. The molecule has 18 heavy (non-hydrogen) atoms. The molecular formula is C15H21NO2. The number of fused-ring (bicyclic) bond motifs is 2. The lowest BCUT2D eigenvalue weighted by molar-refractivity contribution is 0.126. The van der Waals surface area contributed by atoms with Crippen molar-refractivity contribution in [2.45, 2.75) is 56.9 Å². The van der Waals surface area contributed by atoms with Crippen LogP contribution in [-0.2, 0) is 0 Å². The van der Waals surface area contributed by atoms with Crippen molar-refractivity contribution in [2.24, 2.45) is 0 Å². The maximum Gasteiger partial charge on any atom is 0.0761 e. The van der Waals surface area contributed by atoms with Crippen molar-refractivity contribution in [3.05, 3.63) is 29.8 Å². The Kier molecular flexibility index (Phi) is 3.04. The molecule has 3 heteroatoms. The van der Waals surface area contributed by atoms with Crippen LogP contribution in [0, 0.1) is 0 Å². The summed E-state index contributed by atoms with van der Waals surface area (Å²) in [4.78, 5) is 2.47. The van der Waals surface area contributed by atoms with Gasteiger partial charge in [0.25, 0.3) is 0 Å². The highest BCUT2D eigenvalue weighted by Gasteiger charge is 2.40. The van der Waals surface area contributed by atoms with Gasteiger partial charge in [-0.1, -0.05) is 12.1 Å². The minimum absolute atomic E-state index is 0.115. The van der Waals surface area contributed by atoms with Gasteiger partial charge in [-0.05, 0) is 50.3 Å². The summed E-state index contributed by atoms with van der Waals surface area (Å²) in [5.41, 5.74) is 2.20. The van der Waals surface area contributed by atoms with Gasteiger partial charge in [0, 0.05) is 17.8 Å². The number of anilines is 1. The minimum Gasteiger partial charge on any atom is -0.393 e. The van der Waals surface area contributed by atoms with E-state index in [0.717, 1.165) is 18.4 Å². The number of aliphatic hydroxyl groups is 2. The molecule has 0 radical (unpaired) electrons. The van der Waals surface area contributed by atoms with Gasteiger partial charge in [-0.15, -0.1) is 0 Å². The molecule has 2 saturated heterocycles. The van der Waals surface area contributed by atoms with Gasteiger partial charge >= 0.3 is 0 Å². The Labute approximate surface area is 108 Å². The zero-order valence-electron chi connectivity index (χ0n) is 10.8. The maximum absolute atomic E-state index is 9.81. The van der Waals surface area contributed by atoms with Gasteiger partial charge in [-0.3, -0.25) is 0 Å². The Balaban J connectivity index is 1.83. The lowest BCUT2D eigenvalue weighted by Gasteiger charge is -2.39.